The molecule has 0 heterocycles. The van der Waals surface area contributed by atoms with Crippen molar-refractivity contribution in [2.45, 2.75) is 26.8 Å². The Labute approximate surface area is 89.8 Å². The first-order valence-electron chi connectivity index (χ1n) is 4.21. The molecule has 0 saturated carbocycles. The quantitative estimate of drug-likeness (QED) is 0.583. The SMILES string of the molecule is C=CCOP(O)(=S)N(C(C)=O)C(C)C. The number of hydrogen-bond donors (Lipinski definition) is 1. The molecule has 0 bridgehead atoms. The molecule has 0 aromatic carbocycles. The number of nitrogens with zero attached hydrogens (tertiary/aromatic N) is 1. The van der Waals surface area contributed by atoms with Crippen LogP contribution in [0.3, 0.4) is 0 Å². The molecule has 1 unspecified atom stereocenters. The molecule has 0 radical (unpaired) electrons. The zero-order chi connectivity index (χ0) is 11.4. The third-order valence-electron chi connectivity index (χ3n) is 1.44. The van der Waals surface area contributed by atoms with Gasteiger partial charge in [-0.2, -0.15) is 0 Å². The zero-order valence-electron chi connectivity index (χ0n) is 8.64. The molecule has 4 nitrogen and oxygen atoms in total. The van der Waals surface area contributed by atoms with Crippen molar-refractivity contribution in [3.05, 3.63) is 12.7 Å². The standard InChI is InChI=1S/C8H16NO3PS/c1-5-6-12-13(11,14)9(7(2)3)8(4)10/h5,7H,1,6H2,2-4H3,(H,11,14). The number of hydrogen-bond acceptors (Lipinski definition) is 3. The van der Waals surface area contributed by atoms with Gasteiger partial charge in [-0.15, -0.1) is 6.58 Å². The second kappa shape index (κ2) is 5.61. The minimum Gasteiger partial charge on any atom is -0.329 e. The lowest BCUT2D eigenvalue weighted by molar-refractivity contribution is -0.126. The van der Waals surface area contributed by atoms with Crippen molar-refractivity contribution in [2.24, 2.45) is 0 Å². The average molecular weight is 237 g/mol. The molecule has 0 aromatic heterocycles. The number of carbonyl (C=O) groups excluding carboxylic acids is 1. The molecule has 6 heteroatoms. The maximum absolute atomic E-state index is 11.2. The van der Waals surface area contributed by atoms with Crippen LogP contribution in [-0.2, 0) is 21.1 Å². The van der Waals surface area contributed by atoms with E-state index in [1.54, 1.807) is 13.8 Å². The number of rotatable bonds is 5. The lowest BCUT2D eigenvalue weighted by Gasteiger charge is -2.31. The van der Waals surface area contributed by atoms with Crippen LogP contribution in [-0.4, -0.2) is 28.1 Å². The summed E-state index contributed by atoms with van der Waals surface area (Å²) in [7, 11) is 0. The Balaban J connectivity index is 4.71. The van der Waals surface area contributed by atoms with Gasteiger partial charge in [0, 0.05) is 13.0 Å². The van der Waals surface area contributed by atoms with Crippen LogP contribution in [0.15, 0.2) is 12.7 Å². The van der Waals surface area contributed by atoms with Crippen LogP contribution in [0.2, 0.25) is 0 Å². The summed E-state index contributed by atoms with van der Waals surface area (Å²) >= 11 is 4.88. The predicted octanol–water partition coefficient (Wildman–Crippen LogP) is 1.66. The van der Waals surface area contributed by atoms with E-state index in [0.29, 0.717) is 0 Å². The largest absolute Gasteiger partial charge is 0.329 e. The third kappa shape index (κ3) is 3.88. The van der Waals surface area contributed by atoms with Gasteiger partial charge in [0.05, 0.1) is 6.61 Å². The molecule has 0 fully saturated rings. The minimum absolute atomic E-state index is 0.143. The van der Waals surface area contributed by atoms with E-state index < -0.39 is 6.64 Å². The third-order valence-corrected chi connectivity index (χ3v) is 4.06. The molecule has 14 heavy (non-hydrogen) atoms. The zero-order valence-corrected chi connectivity index (χ0v) is 10.3. The van der Waals surface area contributed by atoms with Gasteiger partial charge in [0.15, 0.2) is 0 Å². The fourth-order valence-electron chi connectivity index (χ4n) is 1.05. The highest BCUT2D eigenvalue weighted by Gasteiger charge is 2.29. The lowest BCUT2D eigenvalue weighted by atomic mass is 10.4. The van der Waals surface area contributed by atoms with Gasteiger partial charge >= 0.3 is 0 Å². The van der Waals surface area contributed by atoms with Gasteiger partial charge in [-0.3, -0.25) is 9.46 Å². The van der Waals surface area contributed by atoms with Gasteiger partial charge in [0.1, 0.15) is 0 Å². The molecular weight excluding hydrogens is 221 g/mol. The van der Waals surface area contributed by atoms with Crippen LogP contribution in [0.5, 0.6) is 0 Å². The summed E-state index contributed by atoms with van der Waals surface area (Å²) in [4.78, 5) is 21.0. The fourth-order valence-corrected chi connectivity index (χ4v) is 3.50. The molecule has 1 amide bonds. The first-order chi connectivity index (χ1) is 6.33. The van der Waals surface area contributed by atoms with Gasteiger partial charge in [-0.25, -0.2) is 0 Å². The molecule has 0 rings (SSSR count). The maximum atomic E-state index is 11.2. The molecular formula is C8H16NO3PS. The summed E-state index contributed by atoms with van der Waals surface area (Å²) in [5, 5.41) is 0. The normalized spacial score (nSPS) is 14.9. The van der Waals surface area contributed by atoms with E-state index in [9.17, 15) is 9.69 Å². The Bertz CT molecular complexity index is 267. The molecule has 0 aromatic rings. The summed E-state index contributed by atoms with van der Waals surface area (Å²) in [6.45, 7) is 5.31. The Morgan fingerprint density at radius 2 is 2.29 bits per heavy atom. The van der Waals surface area contributed by atoms with E-state index in [0.717, 1.165) is 0 Å². The first kappa shape index (κ1) is 13.8. The Morgan fingerprint density at radius 1 is 1.79 bits per heavy atom. The summed E-state index contributed by atoms with van der Waals surface area (Å²) in [5.74, 6) is -0.283. The van der Waals surface area contributed by atoms with Crippen LogP contribution in [0.1, 0.15) is 20.8 Å². The predicted molar refractivity (Wildman–Crippen MR) is 60.3 cm³/mol. The molecule has 0 aliphatic rings. The smallest absolute Gasteiger partial charge is 0.290 e. The molecule has 1 N–H and O–H groups in total. The first-order valence-corrected chi connectivity index (χ1v) is 6.84. The van der Waals surface area contributed by atoms with Crippen molar-refractivity contribution in [1.29, 1.82) is 0 Å². The molecule has 0 aliphatic heterocycles. The Morgan fingerprint density at radius 3 is 2.57 bits per heavy atom. The summed E-state index contributed by atoms with van der Waals surface area (Å²) in [5.41, 5.74) is 0. The van der Waals surface area contributed by atoms with E-state index in [1.165, 1.54) is 17.7 Å². The molecule has 82 valence electrons. The van der Waals surface area contributed by atoms with Gasteiger partial charge in [-0.05, 0) is 25.7 Å². The number of carbonyl (C=O) groups is 1. The summed E-state index contributed by atoms with van der Waals surface area (Å²) in [6.07, 6.45) is 1.48. The highest BCUT2D eigenvalue weighted by Crippen LogP contribution is 2.48. The van der Waals surface area contributed by atoms with Crippen LogP contribution >= 0.6 is 6.64 Å². The summed E-state index contributed by atoms with van der Waals surface area (Å²) in [6, 6.07) is -0.173. The topological polar surface area (TPSA) is 49.8 Å². The highest BCUT2D eigenvalue weighted by atomic mass is 32.5. The lowest BCUT2D eigenvalue weighted by Crippen LogP contribution is -2.32. The second-order valence-corrected chi connectivity index (χ2v) is 6.13. The monoisotopic (exact) mass is 237 g/mol. The number of amides is 1. The maximum Gasteiger partial charge on any atom is 0.290 e. The van der Waals surface area contributed by atoms with Crippen LogP contribution in [0, 0.1) is 0 Å². The second-order valence-electron chi connectivity index (χ2n) is 3.03. The van der Waals surface area contributed by atoms with Crippen molar-refractivity contribution in [2.75, 3.05) is 6.61 Å². The van der Waals surface area contributed by atoms with E-state index >= 15 is 0 Å². The minimum atomic E-state index is -3.19. The summed E-state index contributed by atoms with van der Waals surface area (Å²) < 4.78 is 6.23. The Hall–Kier alpha value is -0.220. The van der Waals surface area contributed by atoms with Crippen LogP contribution < -0.4 is 0 Å². The van der Waals surface area contributed by atoms with E-state index in [-0.39, 0.29) is 18.6 Å². The highest BCUT2D eigenvalue weighted by molar-refractivity contribution is 8.08. The van der Waals surface area contributed by atoms with Gasteiger partial charge in [0.25, 0.3) is 6.64 Å². The van der Waals surface area contributed by atoms with Gasteiger partial charge in [0.2, 0.25) is 5.91 Å². The van der Waals surface area contributed by atoms with Crippen molar-refractivity contribution >= 4 is 24.4 Å². The van der Waals surface area contributed by atoms with Crippen LogP contribution in [0.25, 0.3) is 0 Å². The van der Waals surface area contributed by atoms with Crippen molar-refractivity contribution in [1.82, 2.24) is 4.67 Å². The van der Waals surface area contributed by atoms with Crippen LogP contribution in [0.4, 0.5) is 0 Å². The van der Waals surface area contributed by atoms with Crippen molar-refractivity contribution in [3.8, 4) is 0 Å². The van der Waals surface area contributed by atoms with E-state index in [1.807, 2.05) is 0 Å². The van der Waals surface area contributed by atoms with Gasteiger partial charge in [-0.1, -0.05) is 6.08 Å². The van der Waals surface area contributed by atoms with Crippen molar-refractivity contribution < 1.29 is 14.2 Å². The average Bonchev–Trinajstić information content (AvgIpc) is 1.98. The molecule has 0 spiro atoms. The Kier molecular flexibility index (Phi) is 5.52. The fraction of sp³-hybridized carbons (Fsp3) is 0.625. The molecule has 1 atom stereocenters. The molecule has 0 saturated heterocycles. The van der Waals surface area contributed by atoms with E-state index in [4.69, 9.17) is 16.3 Å². The van der Waals surface area contributed by atoms with E-state index in [2.05, 4.69) is 6.58 Å². The molecule has 0 aliphatic carbocycles. The van der Waals surface area contributed by atoms with Gasteiger partial charge < -0.3 is 9.42 Å². The van der Waals surface area contributed by atoms with Crippen molar-refractivity contribution in [3.63, 3.8) is 0 Å².